The second-order valence-corrected chi connectivity index (χ2v) is 6.25. The number of alkyl halides is 2. The lowest BCUT2D eigenvalue weighted by Crippen LogP contribution is -2.37. The van der Waals surface area contributed by atoms with E-state index in [-0.39, 0.29) is 23.9 Å². The molecular formula is C20H20F2N4O3. The van der Waals surface area contributed by atoms with Gasteiger partial charge in [0.15, 0.2) is 5.82 Å². The van der Waals surface area contributed by atoms with E-state index in [0.717, 1.165) is 0 Å². The number of hydrogen-bond donors (Lipinski definition) is 2. The molecule has 0 atom stereocenters. The van der Waals surface area contributed by atoms with Crippen LogP contribution >= 0.6 is 0 Å². The van der Waals surface area contributed by atoms with Crippen LogP contribution in [0.3, 0.4) is 0 Å². The maximum atomic E-state index is 12.8. The quantitative estimate of drug-likeness (QED) is 0.632. The lowest BCUT2D eigenvalue weighted by Gasteiger charge is -2.20. The lowest BCUT2D eigenvalue weighted by atomic mass is 10.1. The third-order valence-electron chi connectivity index (χ3n) is 4.31. The second-order valence-electron chi connectivity index (χ2n) is 6.25. The third-order valence-corrected chi connectivity index (χ3v) is 4.31. The maximum Gasteiger partial charge on any atom is 0.295 e. The summed E-state index contributed by atoms with van der Waals surface area (Å²) >= 11 is 0. The Morgan fingerprint density at radius 3 is 2.72 bits per heavy atom. The molecule has 1 aromatic heterocycles. The van der Waals surface area contributed by atoms with Gasteiger partial charge in [0.2, 0.25) is 5.91 Å². The highest BCUT2D eigenvalue weighted by molar-refractivity contribution is 6.01. The van der Waals surface area contributed by atoms with E-state index < -0.39 is 12.2 Å². The van der Waals surface area contributed by atoms with Crippen LogP contribution in [-0.2, 0) is 4.79 Å². The molecule has 0 aliphatic rings. The van der Waals surface area contributed by atoms with Crippen molar-refractivity contribution < 1.29 is 23.1 Å². The van der Waals surface area contributed by atoms with E-state index in [1.807, 2.05) is 0 Å². The van der Waals surface area contributed by atoms with Gasteiger partial charge in [-0.05, 0) is 37.3 Å². The fourth-order valence-electron chi connectivity index (χ4n) is 2.85. The van der Waals surface area contributed by atoms with Crippen LogP contribution in [-0.4, -0.2) is 46.9 Å². The summed E-state index contributed by atoms with van der Waals surface area (Å²) in [5.41, 5.74) is 1.51. The van der Waals surface area contributed by atoms with Crippen molar-refractivity contribution >= 4 is 28.5 Å². The summed E-state index contributed by atoms with van der Waals surface area (Å²) in [5.74, 6) is -0.601. The van der Waals surface area contributed by atoms with Crippen LogP contribution in [0.4, 0.5) is 14.5 Å². The number of nitrogens with zero attached hydrogens (tertiary/aromatic N) is 2. The molecular weight excluding hydrogens is 382 g/mol. The van der Waals surface area contributed by atoms with Crippen LogP contribution in [0.1, 0.15) is 29.5 Å². The number of halogens is 2. The average Bonchev–Trinajstić information content (AvgIpc) is 3.15. The van der Waals surface area contributed by atoms with Crippen molar-refractivity contribution in [2.75, 3.05) is 25.5 Å². The second kappa shape index (κ2) is 8.68. The number of benzene rings is 2. The number of fused-ring (bicyclic) bond motifs is 1. The Kier molecular flexibility index (Phi) is 6.06. The highest BCUT2D eigenvalue weighted by Gasteiger charge is 2.19. The summed E-state index contributed by atoms with van der Waals surface area (Å²) in [5, 5.41) is 2.72. The van der Waals surface area contributed by atoms with E-state index in [9.17, 15) is 18.4 Å². The first kappa shape index (κ1) is 20.2. The number of rotatable bonds is 7. The molecule has 0 saturated heterocycles. The molecule has 152 valence electrons. The van der Waals surface area contributed by atoms with E-state index in [2.05, 4.69) is 15.3 Å². The van der Waals surface area contributed by atoms with Gasteiger partial charge in [-0.15, -0.1) is 0 Å². The van der Waals surface area contributed by atoms with Crippen LogP contribution < -0.4 is 10.1 Å². The number of likely N-dealkylation sites (N-methyl/N-ethyl adjacent to an activating group) is 1. The van der Waals surface area contributed by atoms with Crippen molar-refractivity contribution in [2.45, 2.75) is 13.3 Å². The number of H-pyrrole nitrogens is 1. The molecule has 29 heavy (non-hydrogen) atoms. The van der Waals surface area contributed by atoms with Crippen LogP contribution in [0.15, 0.2) is 42.5 Å². The highest BCUT2D eigenvalue weighted by Crippen LogP contribution is 2.21. The first-order chi connectivity index (χ1) is 13.9. The number of aromatic amines is 1. The normalized spacial score (nSPS) is 10.9. The summed E-state index contributed by atoms with van der Waals surface area (Å²) < 4.78 is 30.7. The molecule has 0 spiro atoms. The number of ether oxygens (including phenoxy) is 1. The highest BCUT2D eigenvalue weighted by atomic mass is 19.3. The van der Waals surface area contributed by atoms with Gasteiger partial charge in [-0.3, -0.25) is 9.59 Å². The summed E-state index contributed by atoms with van der Waals surface area (Å²) in [6.45, 7) is 1.89. The first-order valence-corrected chi connectivity index (χ1v) is 8.92. The summed E-state index contributed by atoms with van der Waals surface area (Å²) in [6, 6.07) is 11.3. The molecule has 0 aliphatic carbocycles. The lowest BCUT2D eigenvalue weighted by molar-refractivity contribution is -0.116. The van der Waals surface area contributed by atoms with Crippen molar-refractivity contribution in [1.29, 1.82) is 0 Å². The van der Waals surface area contributed by atoms with Gasteiger partial charge in [0.05, 0.1) is 18.1 Å². The molecule has 7 nitrogen and oxygen atoms in total. The topological polar surface area (TPSA) is 87.3 Å². The molecule has 9 heteroatoms. The van der Waals surface area contributed by atoms with Gasteiger partial charge in [0.1, 0.15) is 12.3 Å². The number of aromatic nitrogens is 2. The largest absolute Gasteiger partial charge is 0.497 e. The molecule has 0 aliphatic heterocycles. The Labute approximate surface area is 165 Å². The minimum absolute atomic E-state index is 0.157. The third kappa shape index (κ3) is 4.68. The Balaban J connectivity index is 1.72. The Morgan fingerprint density at radius 1 is 1.24 bits per heavy atom. The SMILES string of the molecule is CCN(CC(=O)Nc1cccc(OC)c1)C(=O)c1ccc2nc(C(F)F)[nH]c2c1. The zero-order valence-electron chi connectivity index (χ0n) is 15.9. The molecule has 1 heterocycles. The predicted molar refractivity (Wildman–Crippen MR) is 104 cm³/mol. The minimum Gasteiger partial charge on any atom is -0.497 e. The molecule has 0 radical (unpaired) electrons. The van der Waals surface area contributed by atoms with Crippen molar-refractivity contribution in [3.8, 4) is 5.75 Å². The van der Waals surface area contributed by atoms with E-state index in [1.165, 1.54) is 30.2 Å². The van der Waals surface area contributed by atoms with E-state index in [0.29, 0.717) is 29.0 Å². The summed E-state index contributed by atoms with van der Waals surface area (Å²) in [6.07, 6.45) is -2.73. The van der Waals surface area contributed by atoms with Crippen molar-refractivity contribution in [3.63, 3.8) is 0 Å². The zero-order chi connectivity index (χ0) is 21.0. The van der Waals surface area contributed by atoms with E-state index in [1.54, 1.807) is 31.2 Å². The maximum absolute atomic E-state index is 12.8. The zero-order valence-corrected chi connectivity index (χ0v) is 15.9. The van der Waals surface area contributed by atoms with E-state index >= 15 is 0 Å². The van der Waals surface area contributed by atoms with Gasteiger partial charge < -0.3 is 19.9 Å². The first-order valence-electron chi connectivity index (χ1n) is 8.92. The van der Waals surface area contributed by atoms with Gasteiger partial charge in [0.25, 0.3) is 12.3 Å². The molecule has 0 fully saturated rings. The molecule has 3 rings (SSSR count). The van der Waals surface area contributed by atoms with Gasteiger partial charge >= 0.3 is 0 Å². The number of hydrogen-bond acceptors (Lipinski definition) is 4. The average molecular weight is 402 g/mol. The standard InChI is InChI=1S/C20H20F2N4O3/c1-3-26(11-17(27)23-13-5-4-6-14(10-13)29-2)20(28)12-7-8-15-16(9-12)25-19(24-15)18(21)22/h4-10,18H,3,11H2,1-2H3,(H,23,27)(H,24,25). The Hall–Kier alpha value is -3.49. The number of methoxy groups -OCH3 is 1. The Morgan fingerprint density at radius 2 is 2.03 bits per heavy atom. The van der Waals surface area contributed by atoms with Crippen molar-refractivity contribution in [3.05, 3.63) is 53.9 Å². The van der Waals surface area contributed by atoms with Crippen molar-refractivity contribution in [1.82, 2.24) is 14.9 Å². The molecule has 0 saturated carbocycles. The molecule has 0 bridgehead atoms. The van der Waals surface area contributed by atoms with Crippen LogP contribution in [0.2, 0.25) is 0 Å². The van der Waals surface area contributed by atoms with Gasteiger partial charge in [0, 0.05) is 23.9 Å². The van der Waals surface area contributed by atoms with Crippen LogP contribution in [0, 0.1) is 0 Å². The number of carbonyl (C=O) groups excluding carboxylic acids is 2. The van der Waals surface area contributed by atoms with Crippen LogP contribution in [0.25, 0.3) is 11.0 Å². The number of imidazole rings is 1. The number of nitrogens with one attached hydrogen (secondary N) is 2. The molecule has 2 aromatic carbocycles. The smallest absolute Gasteiger partial charge is 0.295 e. The number of anilines is 1. The van der Waals surface area contributed by atoms with Gasteiger partial charge in [-0.25, -0.2) is 13.8 Å². The van der Waals surface area contributed by atoms with Crippen molar-refractivity contribution in [2.24, 2.45) is 0 Å². The Bertz CT molecular complexity index is 1040. The summed E-state index contributed by atoms with van der Waals surface area (Å²) in [4.78, 5) is 32.8. The van der Waals surface area contributed by atoms with E-state index in [4.69, 9.17) is 4.74 Å². The number of carbonyl (C=O) groups is 2. The monoisotopic (exact) mass is 402 g/mol. The van der Waals surface area contributed by atoms with Gasteiger partial charge in [-0.1, -0.05) is 6.07 Å². The molecule has 2 amide bonds. The van der Waals surface area contributed by atoms with Crippen LogP contribution in [0.5, 0.6) is 5.75 Å². The molecule has 2 N–H and O–H groups in total. The fraction of sp³-hybridized carbons (Fsp3) is 0.250. The van der Waals surface area contributed by atoms with Gasteiger partial charge in [-0.2, -0.15) is 0 Å². The fourth-order valence-corrected chi connectivity index (χ4v) is 2.85. The number of amides is 2. The minimum atomic E-state index is -2.73. The summed E-state index contributed by atoms with van der Waals surface area (Å²) in [7, 11) is 1.53. The predicted octanol–water partition coefficient (Wildman–Crippen LogP) is 3.61. The molecule has 3 aromatic rings. The molecule has 0 unspecified atom stereocenters.